The lowest BCUT2D eigenvalue weighted by atomic mass is 9.71. The fraction of sp³-hybridized carbons (Fsp3) is 0.611. The quantitative estimate of drug-likeness (QED) is 0.861. The highest BCUT2D eigenvalue weighted by atomic mass is 16.5. The first kappa shape index (κ1) is 16.0. The van der Waals surface area contributed by atoms with Crippen molar-refractivity contribution in [3.8, 4) is 0 Å². The molecule has 1 N–H and O–H groups in total. The fourth-order valence-electron chi connectivity index (χ4n) is 3.26. The smallest absolute Gasteiger partial charge is 0.323 e. The van der Waals surface area contributed by atoms with Crippen LogP contribution in [0.2, 0.25) is 0 Å². The molecular formula is C18H27NO2. The highest BCUT2D eigenvalue weighted by molar-refractivity contribution is 5.76. The molecule has 0 amide bonds. The van der Waals surface area contributed by atoms with Crippen LogP contribution in [-0.4, -0.2) is 19.1 Å². The Morgan fingerprint density at radius 2 is 2.00 bits per heavy atom. The molecule has 2 rings (SSSR count). The summed E-state index contributed by atoms with van der Waals surface area (Å²) >= 11 is 0. The predicted octanol–water partition coefficient (Wildman–Crippen LogP) is 3.59. The van der Waals surface area contributed by atoms with Gasteiger partial charge in [-0.25, -0.2) is 0 Å². The molecule has 0 saturated heterocycles. The maximum atomic E-state index is 12.0. The zero-order valence-electron chi connectivity index (χ0n) is 13.8. The lowest BCUT2D eigenvalue weighted by molar-refractivity contribution is -0.144. The van der Waals surface area contributed by atoms with Crippen LogP contribution in [0.1, 0.15) is 57.7 Å². The van der Waals surface area contributed by atoms with Gasteiger partial charge in [0.15, 0.2) is 0 Å². The van der Waals surface area contributed by atoms with Crippen molar-refractivity contribution in [2.75, 3.05) is 7.11 Å². The summed E-state index contributed by atoms with van der Waals surface area (Å²) in [6, 6.07) is 8.55. The zero-order valence-corrected chi connectivity index (χ0v) is 13.8. The molecule has 0 heterocycles. The maximum absolute atomic E-state index is 12.0. The first-order valence-corrected chi connectivity index (χ1v) is 7.80. The number of fused-ring (bicyclic) bond motifs is 1. The molecule has 0 fully saturated rings. The van der Waals surface area contributed by atoms with Crippen molar-refractivity contribution < 1.29 is 9.53 Å². The van der Waals surface area contributed by atoms with E-state index in [1.54, 1.807) is 0 Å². The average molecular weight is 289 g/mol. The van der Waals surface area contributed by atoms with Crippen LogP contribution in [0.15, 0.2) is 24.3 Å². The van der Waals surface area contributed by atoms with E-state index < -0.39 is 0 Å². The van der Waals surface area contributed by atoms with E-state index >= 15 is 0 Å². The second-order valence-corrected chi connectivity index (χ2v) is 6.97. The molecule has 1 aliphatic rings. The minimum atomic E-state index is -0.255. The van der Waals surface area contributed by atoms with Gasteiger partial charge in [-0.05, 0) is 35.3 Å². The molecule has 0 aromatic heterocycles. The lowest BCUT2D eigenvalue weighted by Gasteiger charge is -2.39. The molecule has 0 radical (unpaired) electrons. The molecule has 0 bridgehead atoms. The van der Waals surface area contributed by atoms with Crippen LogP contribution in [0.3, 0.4) is 0 Å². The molecule has 1 aliphatic carbocycles. The Bertz CT molecular complexity index is 508. The summed E-state index contributed by atoms with van der Waals surface area (Å²) < 4.78 is 4.94. The maximum Gasteiger partial charge on any atom is 0.323 e. The topological polar surface area (TPSA) is 38.3 Å². The summed E-state index contributed by atoms with van der Waals surface area (Å²) in [6.45, 7) is 8.69. The molecule has 1 aromatic rings. The number of nitrogens with one attached hydrogen (secondary N) is 1. The number of hydrogen-bond donors (Lipinski definition) is 1. The van der Waals surface area contributed by atoms with Crippen molar-refractivity contribution in [2.45, 2.75) is 58.0 Å². The van der Waals surface area contributed by atoms with Crippen LogP contribution in [0.5, 0.6) is 0 Å². The molecule has 116 valence electrons. The summed E-state index contributed by atoms with van der Waals surface area (Å²) in [6.07, 6.45) is 2.16. The number of benzene rings is 1. The second-order valence-electron chi connectivity index (χ2n) is 6.97. The highest BCUT2D eigenvalue weighted by Crippen LogP contribution is 2.41. The third kappa shape index (κ3) is 3.29. The van der Waals surface area contributed by atoms with Crippen molar-refractivity contribution in [3.63, 3.8) is 0 Å². The number of ether oxygens (including phenoxy) is 1. The normalized spacial score (nSPS) is 21.7. The summed E-state index contributed by atoms with van der Waals surface area (Å²) in [5, 5.41) is 3.53. The molecule has 2 atom stereocenters. The van der Waals surface area contributed by atoms with Gasteiger partial charge < -0.3 is 4.74 Å². The number of carbonyl (C=O) groups excluding carboxylic acids is 1. The van der Waals surface area contributed by atoms with Crippen LogP contribution in [0.25, 0.3) is 0 Å². The van der Waals surface area contributed by atoms with E-state index in [-0.39, 0.29) is 29.4 Å². The van der Waals surface area contributed by atoms with Crippen LogP contribution >= 0.6 is 0 Å². The van der Waals surface area contributed by atoms with Gasteiger partial charge in [0.1, 0.15) is 6.04 Å². The Morgan fingerprint density at radius 3 is 2.62 bits per heavy atom. The van der Waals surface area contributed by atoms with Gasteiger partial charge in [0.05, 0.1) is 7.11 Å². The van der Waals surface area contributed by atoms with Crippen molar-refractivity contribution >= 4 is 5.97 Å². The Balaban J connectivity index is 2.27. The van der Waals surface area contributed by atoms with Gasteiger partial charge in [0, 0.05) is 6.04 Å². The highest BCUT2D eigenvalue weighted by Gasteiger charge is 2.35. The van der Waals surface area contributed by atoms with Gasteiger partial charge in [0.25, 0.3) is 0 Å². The van der Waals surface area contributed by atoms with Crippen molar-refractivity contribution in [1.82, 2.24) is 5.32 Å². The van der Waals surface area contributed by atoms with Crippen LogP contribution in [0.4, 0.5) is 0 Å². The second kappa shape index (κ2) is 6.18. The van der Waals surface area contributed by atoms with Crippen LogP contribution < -0.4 is 5.32 Å². The molecule has 3 nitrogen and oxygen atoms in total. The van der Waals surface area contributed by atoms with E-state index in [2.05, 4.69) is 43.4 Å². The third-order valence-corrected chi connectivity index (χ3v) is 4.63. The van der Waals surface area contributed by atoms with E-state index in [0.29, 0.717) is 0 Å². The molecule has 0 saturated carbocycles. The van der Waals surface area contributed by atoms with E-state index in [0.717, 1.165) is 12.8 Å². The number of carbonyl (C=O) groups is 1. The summed E-state index contributed by atoms with van der Waals surface area (Å²) in [7, 11) is 1.46. The fourth-order valence-corrected chi connectivity index (χ4v) is 3.26. The number of esters is 1. The molecule has 0 spiro atoms. The SMILES string of the molecule is COC(=O)C(NC1CCC(C)(C)c2ccccc21)C(C)C. The average Bonchev–Trinajstić information content (AvgIpc) is 2.45. The first-order chi connectivity index (χ1) is 9.86. The largest absolute Gasteiger partial charge is 0.468 e. The van der Waals surface area contributed by atoms with Gasteiger partial charge in [-0.1, -0.05) is 52.0 Å². The van der Waals surface area contributed by atoms with Gasteiger partial charge in [-0.2, -0.15) is 0 Å². The van der Waals surface area contributed by atoms with Crippen LogP contribution in [-0.2, 0) is 14.9 Å². The Labute approximate surface area is 128 Å². The van der Waals surface area contributed by atoms with E-state index in [4.69, 9.17) is 4.74 Å². The minimum absolute atomic E-state index is 0.174. The third-order valence-electron chi connectivity index (χ3n) is 4.63. The van der Waals surface area contributed by atoms with E-state index in [9.17, 15) is 4.79 Å². The molecule has 3 heteroatoms. The van der Waals surface area contributed by atoms with Crippen molar-refractivity contribution in [3.05, 3.63) is 35.4 Å². The summed E-state index contributed by atoms with van der Waals surface area (Å²) in [5.74, 6) is 0.0341. The van der Waals surface area contributed by atoms with Gasteiger partial charge in [-0.15, -0.1) is 0 Å². The Hall–Kier alpha value is -1.35. The Morgan fingerprint density at radius 1 is 1.33 bits per heavy atom. The van der Waals surface area contributed by atoms with E-state index in [1.165, 1.54) is 18.2 Å². The van der Waals surface area contributed by atoms with Crippen molar-refractivity contribution in [1.29, 1.82) is 0 Å². The van der Waals surface area contributed by atoms with Gasteiger partial charge >= 0.3 is 5.97 Å². The summed E-state index contributed by atoms with van der Waals surface area (Å²) in [5.41, 5.74) is 2.91. The number of hydrogen-bond acceptors (Lipinski definition) is 3. The lowest BCUT2D eigenvalue weighted by Crippen LogP contribution is -2.45. The molecular weight excluding hydrogens is 262 g/mol. The number of methoxy groups -OCH3 is 1. The summed E-state index contributed by atoms with van der Waals surface area (Å²) in [4.78, 5) is 12.0. The van der Waals surface area contributed by atoms with Crippen molar-refractivity contribution in [2.24, 2.45) is 5.92 Å². The number of rotatable bonds is 4. The standard InChI is InChI=1S/C18H27NO2/c1-12(2)16(17(20)21-5)19-15-10-11-18(3,4)14-9-7-6-8-13(14)15/h6-9,12,15-16,19H,10-11H2,1-5H3. The van der Waals surface area contributed by atoms with Gasteiger partial charge in [-0.3, -0.25) is 10.1 Å². The monoisotopic (exact) mass is 289 g/mol. The molecule has 21 heavy (non-hydrogen) atoms. The zero-order chi connectivity index (χ0) is 15.6. The first-order valence-electron chi connectivity index (χ1n) is 7.80. The molecule has 2 unspecified atom stereocenters. The molecule has 1 aromatic carbocycles. The predicted molar refractivity (Wildman–Crippen MR) is 85.2 cm³/mol. The van der Waals surface area contributed by atoms with Gasteiger partial charge in [0.2, 0.25) is 0 Å². The Kier molecular flexibility index (Phi) is 4.72. The minimum Gasteiger partial charge on any atom is -0.468 e. The van der Waals surface area contributed by atoms with Crippen LogP contribution in [0, 0.1) is 5.92 Å². The molecule has 0 aliphatic heterocycles. The van der Waals surface area contributed by atoms with E-state index in [1.807, 2.05) is 13.8 Å².